The predicted octanol–water partition coefficient (Wildman–Crippen LogP) is 1.12. The average molecular weight is 966 g/mol. The van der Waals surface area contributed by atoms with E-state index < -0.39 is 102 Å². The fourth-order valence-electron chi connectivity index (χ4n) is 5.85. The van der Waals surface area contributed by atoms with E-state index >= 15 is 0 Å². The highest BCUT2D eigenvalue weighted by atomic mass is 32.2. The smallest absolute Gasteiger partial charge is 0.481 e. The number of ether oxygens (including phenoxy) is 1. The van der Waals surface area contributed by atoms with Gasteiger partial charge in [-0.1, -0.05) is 71.1 Å². The minimum absolute atomic E-state index is 0.0199. The van der Waals surface area contributed by atoms with E-state index in [9.17, 15) is 67.8 Å². The standard InChI is InChI=1S/C32H54N7O19P3S/c1-4-5-6-7-8-9-10-19(30(44)45)31(46)62-14-13-34-21(40)11-12-35-28(43)25(42)32(2,3)16-55-61(52,53)58-60(50,51)54-15-20-24(57-59(47,48)49)23(41)29(56-20)39-18-38-22-26(33)36-17-37-27(22)39/h17-20,23-25,29,41-42H,4-16H2,1-3H3,(H,34,40)(H,35,43)(H,44,45)(H,50,51)(H,52,53)(H2,33,36,37)(H2,47,48,49)/t19?,20-,23-,24-,25?,29-/m1/s1. The van der Waals surface area contributed by atoms with Crippen LogP contribution in [0.15, 0.2) is 12.7 Å². The van der Waals surface area contributed by atoms with E-state index in [1.165, 1.54) is 13.8 Å². The molecule has 0 spiro atoms. The molecule has 0 bridgehead atoms. The Hall–Kier alpha value is -2.97. The number of anilines is 1. The van der Waals surface area contributed by atoms with Crippen molar-refractivity contribution in [2.45, 2.75) is 103 Å². The van der Waals surface area contributed by atoms with Gasteiger partial charge in [-0.15, -0.1) is 0 Å². The summed E-state index contributed by atoms with van der Waals surface area (Å²) in [5.74, 6) is -3.82. The van der Waals surface area contributed by atoms with E-state index in [2.05, 4.69) is 41.3 Å². The summed E-state index contributed by atoms with van der Waals surface area (Å²) < 4.78 is 62.2. The van der Waals surface area contributed by atoms with Crippen molar-refractivity contribution in [3.63, 3.8) is 0 Å². The number of aliphatic hydroxyl groups excluding tert-OH is 2. The van der Waals surface area contributed by atoms with Gasteiger partial charge in [0, 0.05) is 30.7 Å². The Bertz CT molecular complexity index is 1990. The molecule has 2 amide bonds. The van der Waals surface area contributed by atoms with Gasteiger partial charge < -0.3 is 56.0 Å². The number of nitrogen functional groups attached to an aromatic ring is 1. The minimum atomic E-state index is -5.60. The molecule has 26 nitrogen and oxygen atoms in total. The van der Waals surface area contributed by atoms with Crippen LogP contribution in [0.2, 0.25) is 0 Å². The number of aromatic nitrogens is 4. The highest BCUT2D eigenvalue weighted by molar-refractivity contribution is 8.13. The lowest BCUT2D eigenvalue weighted by Crippen LogP contribution is -2.46. The lowest BCUT2D eigenvalue weighted by atomic mass is 9.87. The topological polar surface area (TPSA) is 401 Å². The van der Waals surface area contributed by atoms with Gasteiger partial charge in [-0.2, -0.15) is 4.31 Å². The van der Waals surface area contributed by atoms with E-state index in [0.29, 0.717) is 6.42 Å². The quantitative estimate of drug-likeness (QED) is 0.0324. The number of carbonyl (C=O) groups is 4. The van der Waals surface area contributed by atoms with Crippen molar-refractivity contribution in [2.75, 3.05) is 37.8 Å². The molecule has 0 aromatic carbocycles. The number of carboxylic acids is 1. The van der Waals surface area contributed by atoms with Gasteiger partial charge in [0.1, 0.15) is 42.2 Å². The zero-order valence-electron chi connectivity index (χ0n) is 34.0. The highest BCUT2D eigenvalue weighted by Crippen LogP contribution is 2.61. The summed E-state index contributed by atoms with van der Waals surface area (Å²) >= 11 is 0.798. The number of fused-ring (bicyclic) bond motifs is 1. The number of nitrogens with two attached hydrogens (primary N) is 1. The number of hydrogen-bond acceptors (Lipinski definition) is 19. The van der Waals surface area contributed by atoms with Crippen LogP contribution in [-0.4, -0.2) is 134 Å². The second-order valence-electron chi connectivity index (χ2n) is 14.7. The maximum Gasteiger partial charge on any atom is 0.481 e. The molecule has 352 valence electrons. The number of nitrogens with zero attached hydrogens (tertiary/aromatic N) is 4. The molecule has 0 saturated carbocycles. The molecule has 3 heterocycles. The van der Waals surface area contributed by atoms with E-state index in [-0.39, 0.29) is 48.7 Å². The molecule has 11 N–H and O–H groups in total. The van der Waals surface area contributed by atoms with Gasteiger partial charge in [0.05, 0.1) is 19.5 Å². The third-order valence-electron chi connectivity index (χ3n) is 9.18. The van der Waals surface area contributed by atoms with E-state index in [0.717, 1.165) is 61.1 Å². The Morgan fingerprint density at radius 2 is 1.65 bits per heavy atom. The van der Waals surface area contributed by atoms with Crippen LogP contribution in [0.25, 0.3) is 11.2 Å². The van der Waals surface area contributed by atoms with Crippen molar-refractivity contribution in [1.29, 1.82) is 0 Å². The molecule has 1 saturated heterocycles. The molecule has 0 radical (unpaired) electrons. The van der Waals surface area contributed by atoms with Gasteiger partial charge in [-0.3, -0.25) is 37.3 Å². The van der Waals surface area contributed by atoms with Crippen LogP contribution < -0.4 is 16.4 Å². The van der Waals surface area contributed by atoms with Crippen molar-refractivity contribution >= 4 is 75.1 Å². The zero-order chi connectivity index (χ0) is 46.5. The summed E-state index contributed by atoms with van der Waals surface area (Å²) in [7, 11) is -16.5. The van der Waals surface area contributed by atoms with Gasteiger partial charge in [0.25, 0.3) is 0 Å². The van der Waals surface area contributed by atoms with Crippen molar-refractivity contribution in [1.82, 2.24) is 30.2 Å². The number of phosphoric acid groups is 3. The molecule has 2 aromatic heterocycles. The Morgan fingerprint density at radius 1 is 0.984 bits per heavy atom. The molecule has 1 aliphatic rings. The summed E-state index contributed by atoms with van der Waals surface area (Å²) in [6.07, 6.45) is -1.22. The number of rotatable bonds is 28. The number of unbranched alkanes of at least 4 members (excludes halogenated alkanes) is 5. The number of thioether (sulfide) groups is 1. The van der Waals surface area contributed by atoms with E-state index in [1.54, 1.807) is 0 Å². The second kappa shape index (κ2) is 23.8. The normalized spacial score (nSPS) is 21.2. The molecule has 3 rings (SSSR count). The average Bonchev–Trinajstić information content (AvgIpc) is 3.74. The molecule has 4 unspecified atom stereocenters. The lowest BCUT2D eigenvalue weighted by Gasteiger charge is -2.30. The first-order valence-corrected chi connectivity index (χ1v) is 24.7. The van der Waals surface area contributed by atoms with Crippen molar-refractivity contribution < 1.29 is 90.4 Å². The molecule has 1 fully saturated rings. The molecule has 30 heteroatoms. The Morgan fingerprint density at radius 3 is 2.31 bits per heavy atom. The molecular formula is C32H54N7O19P3S. The molecule has 1 aliphatic heterocycles. The first kappa shape index (κ1) is 53.4. The number of aliphatic hydroxyl groups is 2. The predicted molar refractivity (Wildman–Crippen MR) is 216 cm³/mol. The summed E-state index contributed by atoms with van der Waals surface area (Å²) in [6, 6.07) is 0. The number of phosphoric ester groups is 3. The number of carbonyl (C=O) groups excluding carboxylic acids is 3. The maximum absolute atomic E-state index is 12.7. The van der Waals surface area contributed by atoms with Gasteiger partial charge in [-0.05, 0) is 6.42 Å². The lowest BCUT2D eigenvalue weighted by molar-refractivity contribution is -0.144. The van der Waals surface area contributed by atoms with Crippen molar-refractivity contribution in [3.8, 4) is 0 Å². The van der Waals surface area contributed by atoms with Crippen LogP contribution in [0.1, 0.15) is 78.4 Å². The number of amides is 2. The van der Waals surface area contributed by atoms with Crippen LogP contribution in [0.4, 0.5) is 5.82 Å². The monoisotopic (exact) mass is 965 g/mol. The number of imidazole rings is 1. The Balaban J connectivity index is 1.43. The number of aliphatic carboxylic acids is 1. The maximum atomic E-state index is 12.7. The third kappa shape index (κ3) is 16.9. The van der Waals surface area contributed by atoms with E-state index in [1.807, 2.05) is 0 Å². The number of carboxylic acid groups (broad SMARTS) is 1. The Kier molecular flexibility index (Phi) is 20.5. The zero-order valence-corrected chi connectivity index (χ0v) is 37.5. The fraction of sp³-hybridized carbons (Fsp3) is 0.719. The molecular weight excluding hydrogens is 911 g/mol. The molecule has 2 aromatic rings. The fourth-order valence-corrected chi connectivity index (χ4v) is 9.51. The van der Waals surface area contributed by atoms with Crippen LogP contribution >= 0.6 is 35.2 Å². The van der Waals surface area contributed by atoms with Gasteiger partial charge in [0.2, 0.25) is 16.9 Å². The summed E-state index contributed by atoms with van der Waals surface area (Å²) in [5, 5.41) is 35.3. The Labute approximate surface area is 359 Å². The van der Waals surface area contributed by atoms with Crippen LogP contribution in [0, 0.1) is 11.3 Å². The SMILES string of the molecule is CCCCCCCCC(C(=O)O)C(=O)SCCNC(=O)CCNC(=O)C(O)C(C)(C)COP(=O)(O)OP(=O)(O)OC[C@H]1O[C@@H](n2cnc3c(N)ncnc32)[C@H](O)[C@@H]1OP(=O)(O)O. The van der Waals surface area contributed by atoms with Gasteiger partial charge in [-0.25, -0.2) is 28.6 Å². The first-order chi connectivity index (χ1) is 28.9. The largest absolute Gasteiger partial charge is 0.481 e. The van der Waals surface area contributed by atoms with Crippen LogP contribution in [0.3, 0.4) is 0 Å². The van der Waals surface area contributed by atoms with E-state index in [4.69, 9.17) is 19.5 Å². The third-order valence-corrected chi connectivity index (χ3v) is 13.3. The summed E-state index contributed by atoms with van der Waals surface area (Å²) in [5.41, 5.74) is 4.20. The van der Waals surface area contributed by atoms with Crippen LogP contribution in [0.5, 0.6) is 0 Å². The highest BCUT2D eigenvalue weighted by Gasteiger charge is 2.50. The molecule has 62 heavy (non-hydrogen) atoms. The molecule has 0 aliphatic carbocycles. The van der Waals surface area contributed by atoms with Gasteiger partial charge >= 0.3 is 29.4 Å². The van der Waals surface area contributed by atoms with Crippen molar-refractivity contribution in [2.24, 2.45) is 11.3 Å². The summed E-state index contributed by atoms with van der Waals surface area (Å²) in [4.78, 5) is 99.9. The minimum Gasteiger partial charge on any atom is -0.481 e. The number of nitrogens with one attached hydrogen (secondary N) is 2. The van der Waals surface area contributed by atoms with Crippen molar-refractivity contribution in [3.05, 3.63) is 12.7 Å². The number of hydrogen-bond donors (Lipinski definition) is 10. The van der Waals surface area contributed by atoms with Crippen LogP contribution in [-0.2, 0) is 55.5 Å². The second-order valence-corrected chi connectivity index (χ2v) is 20.0. The first-order valence-electron chi connectivity index (χ1n) is 19.2. The van der Waals surface area contributed by atoms with Gasteiger partial charge in [0.15, 0.2) is 17.7 Å². The molecule has 8 atom stereocenters. The summed E-state index contributed by atoms with van der Waals surface area (Å²) in [6.45, 7) is 2.25.